The number of methoxy groups -OCH3 is 1. The quantitative estimate of drug-likeness (QED) is 0.332. The van der Waals surface area contributed by atoms with Gasteiger partial charge in [0.15, 0.2) is 11.5 Å². The molecule has 4 rings (SSSR count). The van der Waals surface area contributed by atoms with Gasteiger partial charge in [0.25, 0.3) is 11.8 Å². The molecule has 1 aliphatic carbocycles. The topological polar surface area (TPSA) is 84.9 Å². The lowest BCUT2D eigenvalue weighted by Crippen LogP contribution is -2.57. The van der Waals surface area contributed by atoms with Crippen LogP contribution < -0.4 is 14.8 Å². The number of amides is 4. The first kappa shape index (κ1) is 22.3. The maximum atomic E-state index is 13.0. The highest BCUT2D eigenvalue weighted by Gasteiger charge is 2.40. The Labute approximate surface area is 199 Å². The van der Waals surface area contributed by atoms with E-state index in [4.69, 9.17) is 9.47 Å². The first-order valence-corrected chi connectivity index (χ1v) is 11.5. The smallest absolute Gasteiger partial charge is 0.331 e. The summed E-state index contributed by atoms with van der Waals surface area (Å²) in [5.74, 6) is -0.205. The van der Waals surface area contributed by atoms with Crippen molar-refractivity contribution in [3.8, 4) is 11.5 Å². The van der Waals surface area contributed by atoms with Crippen LogP contribution in [0.1, 0.15) is 36.8 Å². The van der Waals surface area contributed by atoms with Crippen LogP contribution in [0.15, 0.2) is 48.0 Å². The zero-order chi connectivity index (χ0) is 22.7. The molecule has 166 valence electrons. The maximum Gasteiger partial charge on any atom is 0.331 e. The second-order valence-corrected chi connectivity index (χ2v) is 9.00. The number of nitrogens with one attached hydrogen (secondary N) is 1. The van der Waals surface area contributed by atoms with Gasteiger partial charge in [0.2, 0.25) is 0 Å². The fourth-order valence-corrected chi connectivity index (χ4v) is 4.33. The van der Waals surface area contributed by atoms with Crippen LogP contribution in [0.3, 0.4) is 0 Å². The van der Waals surface area contributed by atoms with Crippen molar-refractivity contribution in [1.82, 2.24) is 10.2 Å². The molecule has 2 aliphatic rings. The van der Waals surface area contributed by atoms with Crippen LogP contribution in [-0.4, -0.2) is 35.9 Å². The summed E-state index contributed by atoms with van der Waals surface area (Å²) in [5, 5.41) is 2.29. The summed E-state index contributed by atoms with van der Waals surface area (Å²) in [5.41, 5.74) is 1.56. The van der Waals surface area contributed by atoms with Gasteiger partial charge in [-0.3, -0.25) is 19.8 Å². The minimum Gasteiger partial charge on any atom is -0.493 e. The molecule has 0 unspecified atom stereocenters. The molecular weight excluding hydrogens is 523 g/mol. The zero-order valence-electron chi connectivity index (χ0n) is 17.6. The Bertz CT molecular complexity index is 1070. The number of hydrogen-bond acceptors (Lipinski definition) is 5. The number of nitrogens with zero attached hydrogens (tertiary/aromatic N) is 1. The van der Waals surface area contributed by atoms with Crippen molar-refractivity contribution in [1.29, 1.82) is 0 Å². The standard InChI is InChI=1S/C24H23IN2O5/c1-31-21-13-16(8-11-20(21)32-14-15-6-9-17(25)10-7-15)12-19-22(28)26-24(30)27(23(19)29)18-4-2-3-5-18/h6-13,18H,2-5,14H2,1H3,(H,26,28,30)/b19-12+. The monoisotopic (exact) mass is 546 g/mol. The van der Waals surface area contributed by atoms with Gasteiger partial charge >= 0.3 is 6.03 Å². The van der Waals surface area contributed by atoms with Crippen molar-refractivity contribution < 1.29 is 23.9 Å². The molecule has 0 aromatic heterocycles. The van der Waals surface area contributed by atoms with E-state index >= 15 is 0 Å². The molecule has 1 aliphatic heterocycles. The highest BCUT2D eigenvalue weighted by molar-refractivity contribution is 14.1. The molecule has 0 atom stereocenters. The number of imide groups is 2. The third-order valence-electron chi connectivity index (χ3n) is 5.63. The Kier molecular flexibility index (Phi) is 6.78. The number of carbonyl (C=O) groups is 3. The summed E-state index contributed by atoms with van der Waals surface area (Å²) in [6.45, 7) is 0.382. The van der Waals surface area contributed by atoms with E-state index in [-0.39, 0.29) is 11.6 Å². The Morgan fingerprint density at radius 1 is 1.06 bits per heavy atom. The SMILES string of the molecule is COc1cc(/C=C2\C(=O)NC(=O)N(C3CCCC3)C2=O)ccc1OCc1ccc(I)cc1. The van der Waals surface area contributed by atoms with E-state index in [1.54, 1.807) is 18.2 Å². The Balaban J connectivity index is 1.54. The molecule has 0 radical (unpaired) electrons. The number of ether oxygens (including phenoxy) is 2. The minimum atomic E-state index is -0.688. The van der Waals surface area contributed by atoms with E-state index in [2.05, 4.69) is 27.9 Å². The summed E-state index contributed by atoms with van der Waals surface area (Å²) < 4.78 is 12.5. The van der Waals surface area contributed by atoms with Crippen molar-refractivity contribution in [2.24, 2.45) is 0 Å². The lowest BCUT2D eigenvalue weighted by atomic mass is 10.0. The van der Waals surface area contributed by atoms with Gasteiger partial charge in [0, 0.05) is 9.61 Å². The van der Waals surface area contributed by atoms with E-state index in [0.29, 0.717) is 23.7 Å². The molecule has 7 nitrogen and oxygen atoms in total. The van der Waals surface area contributed by atoms with Crippen LogP contribution in [0.25, 0.3) is 6.08 Å². The molecule has 32 heavy (non-hydrogen) atoms. The van der Waals surface area contributed by atoms with Gasteiger partial charge in [0.1, 0.15) is 12.2 Å². The van der Waals surface area contributed by atoms with Crippen LogP contribution >= 0.6 is 22.6 Å². The Hall–Kier alpha value is -2.88. The summed E-state index contributed by atoms with van der Waals surface area (Å²) in [6.07, 6.45) is 4.95. The molecule has 1 saturated carbocycles. The zero-order valence-corrected chi connectivity index (χ0v) is 19.8. The molecular formula is C24H23IN2O5. The van der Waals surface area contributed by atoms with Gasteiger partial charge in [-0.2, -0.15) is 0 Å². The Morgan fingerprint density at radius 3 is 2.47 bits per heavy atom. The van der Waals surface area contributed by atoms with Crippen molar-refractivity contribution in [3.63, 3.8) is 0 Å². The first-order chi connectivity index (χ1) is 15.5. The number of urea groups is 1. The molecule has 2 aromatic rings. The normalized spacial score (nSPS) is 18.2. The third kappa shape index (κ3) is 4.79. The van der Waals surface area contributed by atoms with Gasteiger partial charge in [-0.15, -0.1) is 0 Å². The molecule has 2 aromatic carbocycles. The molecule has 2 fully saturated rings. The van der Waals surface area contributed by atoms with Crippen LogP contribution in [0.4, 0.5) is 4.79 Å². The van der Waals surface area contributed by atoms with Crippen LogP contribution in [0.2, 0.25) is 0 Å². The van der Waals surface area contributed by atoms with Crippen molar-refractivity contribution in [3.05, 3.63) is 62.7 Å². The second-order valence-electron chi connectivity index (χ2n) is 7.76. The van der Waals surface area contributed by atoms with E-state index in [0.717, 1.165) is 34.8 Å². The van der Waals surface area contributed by atoms with Gasteiger partial charge in [-0.05, 0) is 76.9 Å². The lowest BCUT2D eigenvalue weighted by molar-refractivity contribution is -0.131. The van der Waals surface area contributed by atoms with Gasteiger partial charge in [-0.1, -0.05) is 31.0 Å². The van der Waals surface area contributed by atoms with Crippen LogP contribution in [0, 0.1) is 3.57 Å². The molecule has 0 spiro atoms. The molecule has 0 bridgehead atoms. The number of benzene rings is 2. The number of carbonyl (C=O) groups excluding carboxylic acids is 3. The van der Waals surface area contributed by atoms with Crippen molar-refractivity contribution in [2.45, 2.75) is 38.3 Å². The number of halogens is 1. The summed E-state index contributed by atoms with van der Waals surface area (Å²) in [6, 6.07) is 12.4. The van der Waals surface area contributed by atoms with Gasteiger partial charge in [0.05, 0.1) is 7.11 Å². The van der Waals surface area contributed by atoms with E-state index < -0.39 is 17.8 Å². The fraction of sp³-hybridized carbons (Fsp3) is 0.292. The largest absolute Gasteiger partial charge is 0.493 e. The van der Waals surface area contributed by atoms with E-state index in [1.807, 2.05) is 24.3 Å². The van der Waals surface area contributed by atoms with Gasteiger partial charge < -0.3 is 9.47 Å². The lowest BCUT2D eigenvalue weighted by Gasteiger charge is -2.31. The minimum absolute atomic E-state index is 0.0638. The molecule has 4 amide bonds. The number of hydrogen-bond donors (Lipinski definition) is 1. The number of barbiturate groups is 1. The van der Waals surface area contributed by atoms with Gasteiger partial charge in [-0.25, -0.2) is 4.79 Å². The molecule has 1 saturated heterocycles. The summed E-state index contributed by atoms with van der Waals surface area (Å²) >= 11 is 2.25. The maximum absolute atomic E-state index is 13.0. The highest BCUT2D eigenvalue weighted by atomic mass is 127. The Morgan fingerprint density at radius 2 is 1.78 bits per heavy atom. The van der Waals surface area contributed by atoms with Crippen molar-refractivity contribution >= 4 is 46.5 Å². The average molecular weight is 546 g/mol. The molecule has 1 heterocycles. The van der Waals surface area contributed by atoms with Crippen LogP contribution in [0.5, 0.6) is 11.5 Å². The van der Waals surface area contributed by atoms with E-state index in [1.165, 1.54) is 18.1 Å². The third-order valence-corrected chi connectivity index (χ3v) is 6.35. The van der Waals surface area contributed by atoms with E-state index in [9.17, 15) is 14.4 Å². The summed E-state index contributed by atoms with van der Waals surface area (Å²) in [7, 11) is 1.53. The molecule has 1 N–H and O–H groups in total. The van der Waals surface area contributed by atoms with Crippen LogP contribution in [-0.2, 0) is 16.2 Å². The summed E-state index contributed by atoms with van der Waals surface area (Å²) in [4.78, 5) is 38.8. The fourth-order valence-electron chi connectivity index (χ4n) is 3.97. The molecule has 8 heteroatoms. The van der Waals surface area contributed by atoms with Crippen molar-refractivity contribution in [2.75, 3.05) is 7.11 Å². The highest BCUT2D eigenvalue weighted by Crippen LogP contribution is 2.31. The predicted molar refractivity (Wildman–Crippen MR) is 127 cm³/mol. The number of rotatable bonds is 6. The first-order valence-electron chi connectivity index (χ1n) is 10.4. The average Bonchev–Trinajstić information content (AvgIpc) is 3.31. The predicted octanol–water partition coefficient (Wildman–Crippen LogP) is 4.28. The second kappa shape index (κ2) is 9.72.